The lowest BCUT2D eigenvalue weighted by Crippen LogP contribution is -2.31. The van der Waals surface area contributed by atoms with Gasteiger partial charge in [-0.25, -0.2) is 4.79 Å². The summed E-state index contributed by atoms with van der Waals surface area (Å²) in [6.07, 6.45) is 5.42. The Morgan fingerprint density at radius 3 is 2.66 bits per heavy atom. The minimum Gasteiger partial charge on any atom is -0.457 e. The first kappa shape index (κ1) is 22.7. The van der Waals surface area contributed by atoms with E-state index in [1.807, 2.05) is 48.5 Å². The van der Waals surface area contributed by atoms with Gasteiger partial charge in [-0.3, -0.25) is 18.9 Å². The number of fused-ring (bicyclic) bond motifs is 1. The number of benzene rings is 2. The maximum atomic E-state index is 13.6. The summed E-state index contributed by atoms with van der Waals surface area (Å²) in [7, 11) is 0. The summed E-state index contributed by atoms with van der Waals surface area (Å²) in [5.41, 5.74) is 3.32. The highest BCUT2D eigenvalue weighted by molar-refractivity contribution is 5.87. The number of carbonyl (C=O) groups excluding carboxylic acids is 1. The molecule has 7 nitrogen and oxygen atoms in total. The molecular formula is C28H28N4O3. The molecule has 0 saturated carbocycles. The van der Waals surface area contributed by atoms with E-state index in [0.29, 0.717) is 31.2 Å². The number of hydrogen-bond donors (Lipinski definition) is 0. The molecule has 0 aliphatic carbocycles. The Hall–Kier alpha value is -4.13. The molecule has 1 saturated heterocycles. The van der Waals surface area contributed by atoms with E-state index >= 15 is 0 Å². The van der Waals surface area contributed by atoms with E-state index in [9.17, 15) is 9.59 Å². The smallest absolute Gasteiger partial charge is 0.334 e. The van der Waals surface area contributed by atoms with Gasteiger partial charge in [0.1, 0.15) is 11.5 Å². The van der Waals surface area contributed by atoms with Gasteiger partial charge in [-0.1, -0.05) is 32.6 Å². The Kier molecular flexibility index (Phi) is 5.99. The molecule has 4 aromatic rings. The third-order valence-electron chi connectivity index (χ3n) is 6.55. The Bertz CT molecular complexity index is 1450. The van der Waals surface area contributed by atoms with Crippen molar-refractivity contribution in [3.8, 4) is 17.2 Å². The molecule has 2 aromatic carbocycles. The normalized spacial score (nSPS) is 15.6. The van der Waals surface area contributed by atoms with Crippen molar-refractivity contribution in [1.82, 2.24) is 19.0 Å². The number of ether oxygens (including phenoxy) is 1. The number of aromatic nitrogens is 3. The Morgan fingerprint density at radius 1 is 1.11 bits per heavy atom. The fourth-order valence-electron chi connectivity index (χ4n) is 4.69. The van der Waals surface area contributed by atoms with Crippen molar-refractivity contribution < 1.29 is 9.53 Å². The van der Waals surface area contributed by atoms with E-state index < -0.39 is 0 Å². The minimum atomic E-state index is -0.149. The summed E-state index contributed by atoms with van der Waals surface area (Å²) in [5, 5.41) is 0. The highest BCUT2D eigenvalue weighted by Crippen LogP contribution is 2.28. The summed E-state index contributed by atoms with van der Waals surface area (Å²) in [6.45, 7) is 8.96. The lowest BCUT2D eigenvalue weighted by atomic mass is 10.0. The third-order valence-corrected chi connectivity index (χ3v) is 6.55. The summed E-state index contributed by atoms with van der Waals surface area (Å²) in [4.78, 5) is 31.7. The monoisotopic (exact) mass is 468 g/mol. The van der Waals surface area contributed by atoms with E-state index in [1.165, 1.54) is 11.6 Å². The van der Waals surface area contributed by atoms with Crippen LogP contribution in [0.3, 0.4) is 0 Å². The van der Waals surface area contributed by atoms with Crippen LogP contribution in [0.15, 0.2) is 84.4 Å². The van der Waals surface area contributed by atoms with Crippen LogP contribution in [-0.2, 0) is 4.79 Å². The quantitative estimate of drug-likeness (QED) is 0.371. The molecule has 1 aliphatic heterocycles. The fourth-order valence-corrected chi connectivity index (χ4v) is 4.69. The van der Waals surface area contributed by atoms with Crippen LogP contribution in [0, 0.1) is 0 Å². The molecule has 3 heterocycles. The number of imidazole rings is 1. The predicted molar refractivity (Wildman–Crippen MR) is 136 cm³/mol. The number of rotatable bonds is 6. The molecule has 1 atom stereocenters. The molecular weight excluding hydrogens is 440 g/mol. The number of carbonyl (C=O) groups is 1. The molecule has 5 rings (SSSR count). The first-order valence-electron chi connectivity index (χ1n) is 11.8. The van der Waals surface area contributed by atoms with Crippen molar-refractivity contribution in [3.05, 3.63) is 95.7 Å². The maximum Gasteiger partial charge on any atom is 0.334 e. The van der Waals surface area contributed by atoms with Crippen LogP contribution in [0.5, 0.6) is 11.5 Å². The Balaban J connectivity index is 1.47. The lowest BCUT2D eigenvalue weighted by molar-refractivity contribution is -0.125. The van der Waals surface area contributed by atoms with Gasteiger partial charge < -0.3 is 9.64 Å². The van der Waals surface area contributed by atoms with Crippen LogP contribution < -0.4 is 10.4 Å². The largest absolute Gasteiger partial charge is 0.457 e. The molecule has 1 fully saturated rings. The second-order valence-corrected chi connectivity index (χ2v) is 9.11. The van der Waals surface area contributed by atoms with Crippen LogP contribution in [0.4, 0.5) is 0 Å². The highest BCUT2D eigenvalue weighted by Gasteiger charge is 2.29. The number of hydrogen-bond acceptors (Lipinski definition) is 4. The second kappa shape index (κ2) is 9.25. The maximum absolute atomic E-state index is 13.6. The van der Waals surface area contributed by atoms with Gasteiger partial charge in [0.15, 0.2) is 0 Å². The first-order chi connectivity index (χ1) is 17.0. The summed E-state index contributed by atoms with van der Waals surface area (Å²) < 4.78 is 9.52. The minimum absolute atomic E-state index is 0.103. The average molecular weight is 469 g/mol. The van der Waals surface area contributed by atoms with Crippen molar-refractivity contribution in [1.29, 1.82) is 0 Å². The summed E-state index contributed by atoms with van der Waals surface area (Å²) in [6, 6.07) is 17.3. The van der Waals surface area contributed by atoms with Gasteiger partial charge in [0, 0.05) is 19.3 Å². The third kappa shape index (κ3) is 4.25. The van der Waals surface area contributed by atoms with Crippen molar-refractivity contribution >= 4 is 16.9 Å². The van der Waals surface area contributed by atoms with Crippen molar-refractivity contribution in [2.24, 2.45) is 0 Å². The van der Waals surface area contributed by atoms with Gasteiger partial charge in [-0.05, 0) is 66.4 Å². The van der Waals surface area contributed by atoms with E-state index in [0.717, 1.165) is 22.5 Å². The van der Waals surface area contributed by atoms with Gasteiger partial charge in [-0.2, -0.15) is 0 Å². The zero-order chi connectivity index (χ0) is 24.5. The zero-order valence-electron chi connectivity index (χ0n) is 19.9. The van der Waals surface area contributed by atoms with Crippen molar-refractivity contribution in [3.63, 3.8) is 0 Å². The van der Waals surface area contributed by atoms with Crippen LogP contribution in [0.25, 0.3) is 16.7 Å². The van der Waals surface area contributed by atoms with Gasteiger partial charge in [-0.15, -0.1) is 0 Å². The molecule has 2 aromatic heterocycles. The van der Waals surface area contributed by atoms with Crippen LogP contribution >= 0.6 is 0 Å². The molecule has 7 heteroatoms. The molecule has 35 heavy (non-hydrogen) atoms. The average Bonchev–Trinajstić information content (AvgIpc) is 3.46. The lowest BCUT2D eigenvalue weighted by Gasteiger charge is -2.15. The number of amides is 1. The Labute approximate surface area is 203 Å². The SMILES string of the molecule is C=CC(=O)N1CCC(n2c(=O)n(-c3ccc(Oc4cccc(C(C)C)c4)cc3)c3cnccc32)C1. The molecule has 1 unspecified atom stereocenters. The van der Waals surface area contributed by atoms with Crippen LogP contribution in [0.2, 0.25) is 0 Å². The summed E-state index contributed by atoms with van der Waals surface area (Å²) in [5.74, 6) is 1.78. The Morgan fingerprint density at radius 2 is 1.91 bits per heavy atom. The zero-order valence-corrected chi connectivity index (χ0v) is 19.9. The molecule has 178 valence electrons. The van der Waals surface area contributed by atoms with E-state index in [1.54, 1.807) is 26.4 Å². The van der Waals surface area contributed by atoms with Crippen molar-refractivity contribution in [2.45, 2.75) is 32.2 Å². The van der Waals surface area contributed by atoms with Gasteiger partial charge >= 0.3 is 5.69 Å². The standard InChI is InChI=1S/C28H28N4O3/c1-4-27(33)30-15-13-22(18-30)32-25-12-14-29-17-26(25)31(28(32)34)21-8-10-23(11-9-21)35-24-7-5-6-20(16-24)19(2)3/h4-12,14,16-17,19,22H,1,13,15,18H2,2-3H3. The van der Waals surface area contributed by atoms with E-state index in [4.69, 9.17) is 4.74 Å². The second-order valence-electron chi connectivity index (χ2n) is 9.11. The van der Waals surface area contributed by atoms with E-state index in [-0.39, 0.29) is 17.6 Å². The predicted octanol–water partition coefficient (Wildman–Crippen LogP) is 5.06. The van der Waals surface area contributed by atoms with E-state index in [2.05, 4.69) is 31.5 Å². The molecule has 0 spiro atoms. The molecule has 1 aliphatic rings. The molecule has 0 radical (unpaired) electrons. The summed E-state index contributed by atoms with van der Waals surface area (Å²) >= 11 is 0. The first-order valence-corrected chi connectivity index (χ1v) is 11.8. The number of pyridine rings is 1. The number of nitrogens with zero attached hydrogens (tertiary/aromatic N) is 4. The van der Waals surface area contributed by atoms with Gasteiger partial charge in [0.25, 0.3) is 0 Å². The van der Waals surface area contributed by atoms with Crippen LogP contribution in [0.1, 0.15) is 37.8 Å². The molecule has 1 amide bonds. The molecule has 0 N–H and O–H groups in total. The van der Waals surface area contributed by atoms with Crippen molar-refractivity contribution in [2.75, 3.05) is 13.1 Å². The van der Waals surface area contributed by atoms with Gasteiger partial charge in [0.05, 0.1) is 29.0 Å². The topological polar surface area (TPSA) is 69.4 Å². The van der Waals surface area contributed by atoms with Gasteiger partial charge in [0.2, 0.25) is 5.91 Å². The number of likely N-dealkylation sites (tertiary alicyclic amines) is 1. The highest BCUT2D eigenvalue weighted by atomic mass is 16.5. The van der Waals surface area contributed by atoms with Crippen LogP contribution in [-0.4, -0.2) is 38.0 Å². The fraction of sp³-hybridized carbons (Fsp3) is 0.250. The molecule has 0 bridgehead atoms.